The predicted molar refractivity (Wildman–Crippen MR) is 242 cm³/mol. The second-order valence-electron chi connectivity index (χ2n) is 16.8. The topological polar surface area (TPSA) is 217 Å². The zero-order valence-corrected chi connectivity index (χ0v) is 38.9. The summed E-state index contributed by atoms with van der Waals surface area (Å²) >= 11 is 0. The molecule has 3 N–H and O–H groups in total. The van der Waals surface area contributed by atoms with Crippen molar-refractivity contribution in [2.75, 3.05) is 16.6 Å². The number of carbonyl (C=O) groups is 2. The number of anilines is 2. The van der Waals surface area contributed by atoms with Crippen LogP contribution in [0.25, 0.3) is 22.8 Å². The van der Waals surface area contributed by atoms with Gasteiger partial charge in [0.15, 0.2) is 11.6 Å². The summed E-state index contributed by atoms with van der Waals surface area (Å²) in [6, 6.07) is 22.3. The molecule has 0 spiro atoms. The fraction of sp³-hybridized carbons (Fsp3) is 0.333. The van der Waals surface area contributed by atoms with Crippen LogP contribution in [-0.2, 0) is 62.6 Å². The first-order valence-corrected chi connectivity index (χ1v) is 23.0. The highest BCUT2D eigenvalue weighted by Gasteiger charge is 2.24. The highest BCUT2D eigenvalue weighted by atomic mass is 32.2. The van der Waals surface area contributed by atoms with Gasteiger partial charge in [-0.25, -0.2) is 26.4 Å². The van der Waals surface area contributed by atoms with Crippen LogP contribution in [0, 0.1) is 0 Å². The fourth-order valence-electron chi connectivity index (χ4n) is 6.50. The molecule has 4 aromatic carbocycles. The van der Waals surface area contributed by atoms with E-state index in [1.807, 2.05) is 26.0 Å². The normalized spacial score (nSPS) is 12.0. The molecule has 6 rings (SSSR count). The SMILES string of the molecule is CCc1nnc(-c2cc(C(=O)O)ccc2NS(=O)(=O)c2ccc(C(C)(C)C)cc2)n1C.CCc1nnc(-c2cc(C(=O)OC)ccc2NS(=O)(=O)c2ccc(C(C)(C)C)cc2)n1C. The molecule has 6 aromatic rings. The predicted octanol–water partition coefficient (Wildman–Crippen LogP) is 7.77. The van der Waals surface area contributed by atoms with Crippen LogP contribution in [0.15, 0.2) is 94.7 Å². The number of aryl methyl sites for hydroxylation is 2. The molecule has 2 aromatic heterocycles. The minimum atomic E-state index is -3.91. The summed E-state index contributed by atoms with van der Waals surface area (Å²) in [5, 5.41) is 26.0. The minimum Gasteiger partial charge on any atom is -0.478 e. The van der Waals surface area contributed by atoms with E-state index in [0.717, 1.165) is 17.0 Å². The van der Waals surface area contributed by atoms with Crippen molar-refractivity contribution in [2.24, 2.45) is 14.1 Å². The number of ether oxygens (including phenoxy) is 1. The van der Waals surface area contributed by atoms with Crippen molar-refractivity contribution in [3.8, 4) is 22.8 Å². The van der Waals surface area contributed by atoms with Gasteiger partial charge in [0.25, 0.3) is 20.0 Å². The summed E-state index contributed by atoms with van der Waals surface area (Å²) in [5.74, 6) is 0.592. The molecule has 63 heavy (non-hydrogen) atoms. The van der Waals surface area contributed by atoms with Crippen molar-refractivity contribution in [3.63, 3.8) is 0 Å². The summed E-state index contributed by atoms with van der Waals surface area (Å²) in [6.45, 7) is 16.2. The van der Waals surface area contributed by atoms with Crippen LogP contribution in [0.4, 0.5) is 11.4 Å². The van der Waals surface area contributed by atoms with Gasteiger partial charge in [-0.15, -0.1) is 20.4 Å². The van der Waals surface area contributed by atoms with Gasteiger partial charge in [0.2, 0.25) is 0 Å². The summed E-state index contributed by atoms with van der Waals surface area (Å²) in [4.78, 5) is 23.8. The van der Waals surface area contributed by atoms with Gasteiger partial charge in [-0.2, -0.15) is 0 Å². The summed E-state index contributed by atoms with van der Waals surface area (Å²) in [7, 11) is -2.95. The standard InChI is InChI=1S/C23H28N4O4S.C22H26N4O4S/c1-7-20-24-25-21(27(20)5)18-14-15(22(28)31-6)8-13-19(18)26-32(29,30)17-11-9-16(10-12-17)23(2,3)4;1-6-19-23-24-20(26(19)5)17-13-14(21(27)28)7-12-18(17)25-31(29,30)16-10-8-15(9-11-16)22(2,3)4/h8-14,26H,7H2,1-6H3;7-13,25H,6H2,1-5H3,(H,27,28). The maximum atomic E-state index is 13.1. The third-order valence-electron chi connectivity index (χ3n) is 10.3. The maximum absolute atomic E-state index is 13.1. The molecule has 0 atom stereocenters. The summed E-state index contributed by atoms with van der Waals surface area (Å²) < 4.78 is 65.8. The van der Waals surface area contributed by atoms with E-state index < -0.39 is 32.0 Å². The number of carboxylic acid groups (broad SMARTS) is 1. The van der Waals surface area contributed by atoms with Gasteiger partial charge >= 0.3 is 11.9 Å². The van der Waals surface area contributed by atoms with Crippen LogP contribution in [0.2, 0.25) is 0 Å². The molecule has 0 aliphatic carbocycles. The Balaban J connectivity index is 0.000000238. The lowest BCUT2D eigenvalue weighted by atomic mass is 9.87. The number of esters is 1. The highest BCUT2D eigenvalue weighted by molar-refractivity contribution is 7.93. The summed E-state index contributed by atoms with van der Waals surface area (Å²) in [5.41, 5.74) is 3.44. The van der Waals surface area contributed by atoms with E-state index in [1.165, 1.54) is 37.4 Å². The number of methoxy groups -OCH3 is 1. The highest BCUT2D eigenvalue weighted by Crippen LogP contribution is 2.33. The molecule has 0 bridgehead atoms. The van der Waals surface area contributed by atoms with Crippen LogP contribution >= 0.6 is 0 Å². The quantitative estimate of drug-likeness (QED) is 0.100. The Morgan fingerprint density at radius 1 is 0.603 bits per heavy atom. The second kappa shape index (κ2) is 18.5. The number of sulfonamides is 2. The number of carboxylic acids is 1. The Hall–Kier alpha value is -6.40. The lowest BCUT2D eigenvalue weighted by Crippen LogP contribution is -2.16. The molecule has 0 aliphatic heterocycles. The van der Waals surface area contributed by atoms with E-state index >= 15 is 0 Å². The molecule has 0 saturated heterocycles. The van der Waals surface area contributed by atoms with Crippen LogP contribution in [-0.4, -0.2) is 70.5 Å². The molecule has 0 aliphatic rings. The lowest BCUT2D eigenvalue weighted by Gasteiger charge is -2.19. The molecular weight excluding hydrogens is 845 g/mol. The Labute approximate surface area is 368 Å². The lowest BCUT2D eigenvalue weighted by molar-refractivity contribution is 0.0599. The number of rotatable bonds is 12. The largest absolute Gasteiger partial charge is 0.478 e. The van der Waals surface area contributed by atoms with Crippen molar-refractivity contribution in [2.45, 2.75) is 88.9 Å². The van der Waals surface area contributed by atoms with E-state index in [0.29, 0.717) is 41.4 Å². The maximum Gasteiger partial charge on any atom is 0.337 e. The van der Waals surface area contributed by atoms with Crippen LogP contribution in [0.3, 0.4) is 0 Å². The Morgan fingerprint density at radius 2 is 0.968 bits per heavy atom. The van der Waals surface area contributed by atoms with Gasteiger partial charge in [-0.05, 0) is 82.6 Å². The summed E-state index contributed by atoms with van der Waals surface area (Å²) in [6.07, 6.45) is 1.28. The van der Waals surface area contributed by atoms with Crippen molar-refractivity contribution >= 4 is 43.4 Å². The van der Waals surface area contributed by atoms with Gasteiger partial charge in [-0.3, -0.25) is 9.44 Å². The van der Waals surface area contributed by atoms with Crippen LogP contribution in [0.1, 0.15) is 98.9 Å². The average Bonchev–Trinajstić information content (AvgIpc) is 3.80. The molecular formula is C45H54N8O8S2. The smallest absolute Gasteiger partial charge is 0.337 e. The molecule has 0 fully saturated rings. The van der Waals surface area contributed by atoms with Gasteiger partial charge in [0, 0.05) is 38.1 Å². The Bertz CT molecular complexity index is 2860. The first-order valence-electron chi connectivity index (χ1n) is 20.1. The van der Waals surface area contributed by atoms with E-state index in [-0.39, 0.29) is 43.1 Å². The number of carbonyl (C=O) groups excluding carboxylic acids is 1. The first-order chi connectivity index (χ1) is 29.4. The number of hydrogen-bond acceptors (Lipinski definition) is 11. The number of aromatic nitrogens is 6. The van der Waals surface area contributed by atoms with E-state index in [4.69, 9.17) is 4.74 Å². The van der Waals surface area contributed by atoms with Gasteiger partial charge in [0.1, 0.15) is 11.6 Å². The Morgan fingerprint density at radius 3 is 1.29 bits per heavy atom. The second-order valence-corrected chi connectivity index (χ2v) is 20.1. The fourth-order valence-corrected chi connectivity index (χ4v) is 8.66. The first kappa shape index (κ1) is 47.6. The van der Waals surface area contributed by atoms with Crippen molar-refractivity contribution < 1.29 is 36.3 Å². The monoisotopic (exact) mass is 898 g/mol. The minimum absolute atomic E-state index is 0.0218. The molecule has 2 heterocycles. The van der Waals surface area contributed by atoms with E-state index in [1.54, 1.807) is 65.7 Å². The number of benzene rings is 4. The molecule has 0 radical (unpaired) electrons. The number of hydrogen-bond donors (Lipinski definition) is 3. The van der Waals surface area contributed by atoms with E-state index in [2.05, 4.69) is 71.4 Å². The molecule has 0 saturated carbocycles. The average molecular weight is 899 g/mol. The van der Waals surface area contributed by atoms with Gasteiger partial charge in [-0.1, -0.05) is 79.7 Å². The van der Waals surface area contributed by atoms with Crippen LogP contribution in [0.5, 0.6) is 0 Å². The number of nitrogens with zero attached hydrogens (tertiary/aromatic N) is 6. The molecule has 334 valence electrons. The van der Waals surface area contributed by atoms with Crippen molar-refractivity contribution in [3.05, 3.63) is 119 Å². The van der Waals surface area contributed by atoms with Crippen LogP contribution < -0.4 is 9.44 Å². The Kier molecular flexibility index (Phi) is 14.0. The van der Waals surface area contributed by atoms with Crippen molar-refractivity contribution in [1.82, 2.24) is 29.5 Å². The number of nitrogens with one attached hydrogen (secondary N) is 2. The van der Waals surface area contributed by atoms with Gasteiger partial charge in [0.05, 0.1) is 39.4 Å². The zero-order chi connectivity index (χ0) is 46.7. The molecule has 0 unspecified atom stereocenters. The molecule has 16 nitrogen and oxygen atoms in total. The third kappa shape index (κ3) is 10.8. The van der Waals surface area contributed by atoms with Gasteiger partial charge < -0.3 is 19.0 Å². The molecule has 0 amide bonds. The van der Waals surface area contributed by atoms with E-state index in [9.17, 15) is 31.5 Å². The van der Waals surface area contributed by atoms with Crippen molar-refractivity contribution in [1.29, 1.82) is 0 Å². The number of aromatic carboxylic acids is 1. The third-order valence-corrected chi connectivity index (χ3v) is 13.1. The zero-order valence-electron chi connectivity index (χ0n) is 37.3. The molecule has 18 heteroatoms.